The molecule has 1 aromatic carbocycles. The number of hydrogen-bond acceptors (Lipinski definition) is 2. The van der Waals surface area contributed by atoms with E-state index in [4.69, 9.17) is 0 Å². The molecule has 1 aliphatic heterocycles. The fourth-order valence-corrected chi connectivity index (χ4v) is 3.09. The van der Waals surface area contributed by atoms with Gasteiger partial charge in [-0.1, -0.05) is 32.0 Å². The average Bonchev–Trinajstić information content (AvgIpc) is 2.93. The molecule has 106 valence electrons. The molecule has 0 aromatic heterocycles. The fourth-order valence-electron chi connectivity index (χ4n) is 3.09. The van der Waals surface area contributed by atoms with Crippen LogP contribution in [0.4, 0.5) is 4.39 Å². The molecule has 1 aromatic rings. The number of rotatable bonds is 6. The van der Waals surface area contributed by atoms with E-state index >= 15 is 0 Å². The second-order valence-corrected chi connectivity index (χ2v) is 5.33. The third kappa shape index (κ3) is 3.54. The molecule has 19 heavy (non-hydrogen) atoms. The molecule has 2 rings (SSSR count). The number of nitrogens with one attached hydrogen (secondary N) is 1. The van der Waals surface area contributed by atoms with Gasteiger partial charge in [0.25, 0.3) is 0 Å². The van der Waals surface area contributed by atoms with Gasteiger partial charge in [0, 0.05) is 24.2 Å². The molecule has 0 saturated carbocycles. The lowest BCUT2D eigenvalue weighted by molar-refractivity contribution is 0.181. The van der Waals surface area contributed by atoms with E-state index in [1.807, 2.05) is 12.1 Å². The topological polar surface area (TPSA) is 15.3 Å². The van der Waals surface area contributed by atoms with E-state index in [0.717, 1.165) is 31.6 Å². The number of halogens is 1. The van der Waals surface area contributed by atoms with Gasteiger partial charge in [-0.15, -0.1) is 0 Å². The van der Waals surface area contributed by atoms with Gasteiger partial charge in [-0.05, 0) is 38.4 Å². The molecule has 2 atom stereocenters. The molecule has 1 fully saturated rings. The molecule has 2 nitrogen and oxygen atoms in total. The Morgan fingerprint density at radius 2 is 2.16 bits per heavy atom. The molecular formula is C16H25FN2. The van der Waals surface area contributed by atoms with Crippen molar-refractivity contribution in [1.29, 1.82) is 0 Å². The van der Waals surface area contributed by atoms with E-state index in [9.17, 15) is 4.39 Å². The van der Waals surface area contributed by atoms with E-state index < -0.39 is 0 Å². The number of benzene rings is 1. The van der Waals surface area contributed by atoms with Gasteiger partial charge in [0.2, 0.25) is 0 Å². The molecule has 3 heteroatoms. The van der Waals surface area contributed by atoms with Gasteiger partial charge in [0.1, 0.15) is 5.82 Å². The Morgan fingerprint density at radius 1 is 1.37 bits per heavy atom. The zero-order valence-corrected chi connectivity index (χ0v) is 12.0. The van der Waals surface area contributed by atoms with Gasteiger partial charge >= 0.3 is 0 Å². The first kappa shape index (κ1) is 14.5. The maximum Gasteiger partial charge on any atom is 0.127 e. The van der Waals surface area contributed by atoms with Crippen LogP contribution < -0.4 is 5.32 Å². The number of likely N-dealkylation sites (N-methyl/N-ethyl adjacent to an activating group) is 1. The summed E-state index contributed by atoms with van der Waals surface area (Å²) in [5, 5.41) is 3.53. The van der Waals surface area contributed by atoms with E-state index in [2.05, 4.69) is 24.1 Å². The van der Waals surface area contributed by atoms with E-state index in [-0.39, 0.29) is 11.9 Å². The molecule has 0 aliphatic carbocycles. The molecule has 0 amide bonds. The zero-order valence-electron chi connectivity index (χ0n) is 12.0. The second kappa shape index (κ2) is 7.01. The summed E-state index contributed by atoms with van der Waals surface area (Å²) < 4.78 is 14.0. The van der Waals surface area contributed by atoms with Crippen molar-refractivity contribution >= 4 is 0 Å². The molecule has 0 spiro atoms. The highest BCUT2D eigenvalue weighted by Crippen LogP contribution is 2.27. The summed E-state index contributed by atoms with van der Waals surface area (Å²) in [7, 11) is 0. The molecule has 1 N–H and O–H groups in total. The van der Waals surface area contributed by atoms with Crippen LogP contribution in [0.5, 0.6) is 0 Å². The van der Waals surface area contributed by atoms with Crippen LogP contribution in [0.3, 0.4) is 0 Å². The smallest absolute Gasteiger partial charge is 0.127 e. The van der Waals surface area contributed by atoms with Gasteiger partial charge in [-0.25, -0.2) is 4.39 Å². The summed E-state index contributed by atoms with van der Waals surface area (Å²) >= 11 is 0. The van der Waals surface area contributed by atoms with Crippen LogP contribution in [0.2, 0.25) is 0 Å². The third-order valence-corrected chi connectivity index (χ3v) is 4.12. The first-order valence-electron chi connectivity index (χ1n) is 7.48. The Morgan fingerprint density at radius 3 is 2.74 bits per heavy atom. The Labute approximate surface area is 116 Å². The second-order valence-electron chi connectivity index (χ2n) is 5.33. The maximum absolute atomic E-state index is 14.0. The number of hydrogen-bond donors (Lipinski definition) is 1. The monoisotopic (exact) mass is 264 g/mol. The van der Waals surface area contributed by atoms with Crippen molar-refractivity contribution in [2.24, 2.45) is 0 Å². The minimum absolute atomic E-state index is 0.0767. The molecule has 1 heterocycles. The highest BCUT2D eigenvalue weighted by Gasteiger charge is 2.24. The van der Waals surface area contributed by atoms with Gasteiger partial charge in [0.05, 0.1) is 0 Å². The molecule has 1 aliphatic rings. The van der Waals surface area contributed by atoms with E-state index in [0.29, 0.717) is 6.04 Å². The van der Waals surface area contributed by atoms with Crippen molar-refractivity contribution in [3.8, 4) is 0 Å². The van der Waals surface area contributed by atoms with E-state index in [1.165, 1.54) is 12.8 Å². The Hall–Kier alpha value is -0.930. The van der Waals surface area contributed by atoms with Crippen molar-refractivity contribution in [2.75, 3.05) is 19.6 Å². The van der Waals surface area contributed by atoms with Crippen LogP contribution >= 0.6 is 0 Å². The van der Waals surface area contributed by atoms with Crippen molar-refractivity contribution in [1.82, 2.24) is 10.2 Å². The Bertz CT molecular complexity index is 388. The predicted octanol–water partition coefficient (Wildman–Crippen LogP) is 3.35. The minimum atomic E-state index is -0.0767. The zero-order chi connectivity index (χ0) is 13.7. The van der Waals surface area contributed by atoms with Gasteiger partial charge in [-0.3, -0.25) is 4.90 Å². The quantitative estimate of drug-likeness (QED) is 0.847. The van der Waals surface area contributed by atoms with Crippen molar-refractivity contribution in [2.45, 2.75) is 45.2 Å². The van der Waals surface area contributed by atoms with Crippen LogP contribution in [0.15, 0.2) is 24.3 Å². The van der Waals surface area contributed by atoms with Crippen LogP contribution in [0.1, 0.15) is 44.7 Å². The van der Waals surface area contributed by atoms with Crippen molar-refractivity contribution in [3.63, 3.8) is 0 Å². The van der Waals surface area contributed by atoms with Gasteiger partial charge < -0.3 is 5.32 Å². The summed E-state index contributed by atoms with van der Waals surface area (Å²) in [6, 6.07) is 7.95. The highest BCUT2D eigenvalue weighted by molar-refractivity contribution is 5.21. The molecular weight excluding hydrogens is 239 g/mol. The molecule has 0 radical (unpaired) electrons. The minimum Gasteiger partial charge on any atom is -0.313 e. The lowest BCUT2D eigenvalue weighted by Crippen LogP contribution is -2.39. The lowest BCUT2D eigenvalue weighted by Gasteiger charge is -2.32. The average molecular weight is 264 g/mol. The van der Waals surface area contributed by atoms with Gasteiger partial charge in [-0.2, -0.15) is 0 Å². The summed E-state index contributed by atoms with van der Waals surface area (Å²) in [5.41, 5.74) is 0.838. The van der Waals surface area contributed by atoms with Crippen molar-refractivity contribution in [3.05, 3.63) is 35.6 Å². The van der Waals surface area contributed by atoms with Crippen LogP contribution in [-0.4, -0.2) is 30.6 Å². The van der Waals surface area contributed by atoms with Crippen LogP contribution in [-0.2, 0) is 0 Å². The Kier molecular flexibility index (Phi) is 5.34. The number of nitrogens with zero attached hydrogens (tertiary/aromatic N) is 1. The first-order valence-corrected chi connectivity index (χ1v) is 7.48. The van der Waals surface area contributed by atoms with Crippen LogP contribution in [0.25, 0.3) is 0 Å². The predicted molar refractivity (Wildman–Crippen MR) is 77.7 cm³/mol. The fraction of sp³-hybridized carbons (Fsp3) is 0.625. The molecule has 0 bridgehead atoms. The SMILES string of the molecule is CCC(c1ccccc1F)N(CC)CC1CCCN1. The lowest BCUT2D eigenvalue weighted by atomic mass is 10.0. The summed E-state index contributed by atoms with van der Waals surface area (Å²) in [5.74, 6) is -0.0767. The summed E-state index contributed by atoms with van der Waals surface area (Å²) in [4.78, 5) is 2.40. The summed E-state index contributed by atoms with van der Waals surface area (Å²) in [6.07, 6.45) is 3.45. The maximum atomic E-state index is 14.0. The molecule has 1 saturated heterocycles. The first-order chi connectivity index (χ1) is 9.26. The third-order valence-electron chi connectivity index (χ3n) is 4.12. The Balaban J connectivity index is 2.11. The van der Waals surface area contributed by atoms with Crippen molar-refractivity contribution < 1.29 is 4.39 Å². The molecule has 2 unspecified atom stereocenters. The normalized spacial score (nSPS) is 20.9. The highest BCUT2D eigenvalue weighted by atomic mass is 19.1. The summed E-state index contributed by atoms with van der Waals surface area (Å²) in [6.45, 7) is 7.41. The van der Waals surface area contributed by atoms with E-state index in [1.54, 1.807) is 12.1 Å². The van der Waals surface area contributed by atoms with Crippen LogP contribution in [0, 0.1) is 5.82 Å². The van der Waals surface area contributed by atoms with Gasteiger partial charge in [0.15, 0.2) is 0 Å². The standard InChI is InChI=1S/C16H25FN2/c1-3-16(14-9-5-6-10-15(14)17)19(4-2)12-13-8-7-11-18-13/h5-6,9-10,13,16,18H,3-4,7-8,11-12H2,1-2H3. The largest absolute Gasteiger partial charge is 0.313 e.